The SMILES string of the molecule is O=[N+]([O-])c1cc(Cl)ccc1NC1CN(Cc2ccccc2)S(=O)(=O)C1. The van der Waals surface area contributed by atoms with E-state index < -0.39 is 21.0 Å². The first kappa shape index (κ1) is 17.7. The van der Waals surface area contributed by atoms with Crippen LogP contribution < -0.4 is 5.32 Å². The average Bonchev–Trinajstić information content (AvgIpc) is 2.83. The second-order valence-electron chi connectivity index (χ2n) is 5.82. The molecule has 7 nitrogen and oxygen atoms in total. The Morgan fingerprint density at radius 3 is 2.64 bits per heavy atom. The Bertz CT molecular complexity index is 890. The van der Waals surface area contributed by atoms with Crippen molar-refractivity contribution in [3.05, 3.63) is 69.2 Å². The van der Waals surface area contributed by atoms with Crippen LogP contribution in [0.3, 0.4) is 0 Å². The van der Waals surface area contributed by atoms with Crippen LogP contribution in [0.5, 0.6) is 0 Å². The maximum Gasteiger partial charge on any atom is 0.293 e. The van der Waals surface area contributed by atoms with E-state index in [1.807, 2.05) is 30.3 Å². The summed E-state index contributed by atoms with van der Waals surface area (Å²) in [4.78, 5) is 10.6. The van der Waals surface area contributed by atoms with Gasteiger partial charge in [-0.3, -0.25) is 10.1 Å². The lowest BCUT2D eigenvalue weighted by Gasteiger charge is -2.15. The molecule has 1 aliphatic heterocycles. The number of sulfonamides is 1. The minimum absolute atomic E-state index is 0.111. The highest BCUT2D eigenvalue weighted by molar-refractivity contribution is 7.89. The van der Waals surface area contributed by atoms with E-state index in [1.54, 1.807) is 0 Å². The fourth-order valence-corrected chi connectivity index (χ4v) is 4.63. The van der Waals surface area contributed by atoms with E-state index in [0.717, 1.165) is 5.56 Å². The summed E-state index contributed by atoms with van der Waals surface area (Å²) in [6.45, 7) is 0.529. The molecule has 1 heterocycles. The van der Waals surface area contributed by atoms with E-state index in [1.165, 1.54) is 22.5 Å². The first-order valence-electron chi connectivity index (χ1n) is 7.57. The zero-order valence-corrected chi connectivity index (χ0v) is 14.7. The van der Waals surface area contributed by atoms with Gasteiger partial charge in [0.25, 0.3) is 5.69 Å². The monoisotopic (exact) mass is 381 g/mol. The Hall–Kier alpha value is -2.16. The van der Waals surface area contributed by atoms with Crippen molar-refractivity contribution in [2.45, 2.75) is 12.6 Å². The van der Waals surface area contributed by atoms with Crippen LogP contribution in [0, 0.1) is 10.1 Å². The lowest BCUT2D eigenvalue weighted by Crippen LogP contribution is -2.27. The molecule has 1 saturated heterocycles. The molecular formula is C16H16ClN3O4S. The second kappa shape index (κ2) is 6.99. The minimum Gasteiger partial charge on any atom is -0.374 e. The highest BCUT2D eigenvalue weighted by Crippen LogP contribution is 2.30. The Morgan fingerprint density at radius 2 is 1.96 bits per heavy atom. The predicted octanol–water partition coefficient (Wildman–Crippen LogP) is 2.87. The molecule has 1 atom stereocenters. The number of hydrogen-bond donors (Lipinski definition) is 1. The molecule has 0 bridgehead atoms. The normalized spacial score (nSPS) is 19.6. The third-order valence-corrected chi connectivity index (χ3v) is 6.07. The molecule has 132 valence electrons. The van der Waals surface area contributed by atoms with E-state index in [4.69, 9.17) is 11.6 Å². The molecule has 0 spiro atoms. The molecule has 0 radical (unpaired) electrons. The summed E-state index contributed by atoms with van der Waals surface area (Å²) in [5.41, 5.74) is 0.978. The highest BCUT2D eigenvalue weighted by Gasteiger charge is 2.36. The fourth-order valence-electron chi connectivity index (χ4n) is 2.81. The van der Waals surface area contributed by atoms with E-state index in [9.17, 15) is 18.5 Å². The second-order valence-corrected chi connectivity index (χ2v) is 8.27. The maximum absolute atomic E-state index is 12.4. The third-order valence-electron chi connectivity index (χ3n) is 3.95. The Kier molecular flexibility index (Phi) is 4.94. The predicted molar refractivity (Wildman–Crippen MR) is 96.2 cm³/mol. The zero-order valence-electron chi connectivity index (χ0n) is 13.1. The summed E-state index contributed by atoms with van der Waals surface area (Å²) < 4.78 is 26.1. The smallest absolute Gasteiger partial charge is 0.293 e. The van der Waals surface area contributed by atoms with Gasteiger partial charge in [0, 0.05) is 24.2 Å². The first-order valence-corrected chi connectivity index (χ1v) is 9.56. The molecule has 2 aromatic carbocycles. The van der Waals surface area contributed by atoms with E-state index in [2.05, 4.69) is 5.32 Å². The molecule has 1 aliphatic rings. The van der Waals surface area contributed by atoms with Crippen LogP contribution in [0.4, 0.5) is 11.4 Å². The molecular weight excluding hydrogens is 366 g/mol. The number of nitrogens with zero attached hydrogens (tertiary/aromatic N) is 2. The number of halogens is 1. The summed E-state index contributed by atoms with van der Waals surface area (Å²) in [6, 6.07) is 13.1. The molecule has 0 aromatic heterocycles. The van der Waals surface area contributed by atoms with Crippen molar-refractivity contribution in [2.24, 2.45) is 0 Å². The van der Waals surface area contributed by atoms with Crippen molar-refractivity contribution in [1.82, 2.24) is 4.31 Å². The lowest BCUT2D eigenvalue weighted by molar-refractivity contribution is -0.384. The fraction of sp³-hybridized carbons (Fsp3) is 0.250. The van der Waals surface area contributed by atoms with Crippen molar-refractivity contribution >= 4 is 33.0 Å². The van der Waals surface area contributed by atoms with Gasteiger partial charge in [0.05, 0.1) is 16.7 Å². The van der Waals surface area contributed by atoms with Crippen molar-refractivity contribution in [2.75, 3.05) is 17.6 Å². The van der Waals surface area contributed by atoms with E-state index in [0.29, 0.717) is 0 Å². The van der Waals surface area contributed by atoms with Gasteiger partial charge in [0.2, 0.25) is 10.0 Å². The molecule has 1 N–H and O–H groups in total. The minimum atomic E-state index is -3.42. The number of nitro groups is 1. The summed E-state index contributed by atoms with van der Waals surface area (Å²) >= 11 is 5.80. The molecule has 2 aromatic rings. The standard InChI is InChI=1S/C16H16ClN3O4S/c17-13-6-7-15(16(8-13)20(21)22)18-14-10-19(25(23,24)11-14)9-12-4-2-1-3-5-12/h1-8,14,18H,9-11H2. The van der Waals surface area contributed by atoms with Gasteiger partial charge in [-0.2, -0.15) is 4.31 Å². The van der Waals surface area contributed by atoms with E-state index >= 15 is 0 Å². The van der Waals surface area contributed by atoms with Crippen molar-refractivity contribution in [3.63, 3.8) is 0 Å². The molecule has 9 heteroatoms. The highest BCUT2D eigenvalue weighted by atomic mass is 35.5. The molecule has 0 aliphatic carbocycles. The maximum atomic E-state index is 12.4. The van der Waals surface area contributed by atoms with Gasteiger partial charge in [0.15, 0.2) is 0 Å². The summed E-state index contributed by atoms with van der Waals surface area (Å²) in [5, 5.41) is 14.4. The van der Waals surface area contributed by atoms with Gasteiger partial charge >= 0.3 is 0 Å². The van der Waals surface area contributed by atoms with Crippen LogP contribution in [-0.4, -0.2) is 36.0 Å². The van der Waals surface area contributed by atoms with E-state index in [-0.39, 0.29) is 35.2 Å². The topological polar surface area (TPSA) is 92.6 Å². The van der Waals surface area contributed by atoms with Crippen LogP contribution in [-0.2, 0) is 16.6 Å². The lowest BCUT2D eigenvalue weighted by atomic mass is 10.2. The zero-order chi connectivity index (χ0) is 18.0. The number of rotatable bonds is 5. The van der Waals surface area contributed by atoms with Gasteiger partial charge in [-0.05, 0) is 17.7 Å². The van der Waals surface area contributed by atoms with Crippen molar-refractivity contribution in [3.8, 4) is 0 Å². The van der Waals surface area contributed by atoms with Gasteiger partial charge in [-0.25, -0.2) is 8.42 Å². The van der Waals surface area contributed by atoms with Gasteiger partial charge in [-0.15, -0.1) is 0 Å². The van der Waals surface area contributed by atoms with Crippen molar-refractivity contribution < 1.29 is 13.3 Å². The van der Waals surface area contributed by atoms with Crippen LogP contribution in [0.2, 0.25) is 5.02 Å². The molecule has 1 fully saturated rings. The summed E-state index contributed by atoms with van der Waals surface area (Å²) in [5.74, 6) is -0.111. The van der Waals surface area contributed by atoms with Crippen LogP contribution >= 0.6 is 11.6 Å². The van der Waals surface area contributed by atoms with Crippen LogP contribution in [0.1, 0.15) is 5.56 Å². The van der Waals surface area contributed by atoms with Gasteiger partial charge < -0.3 is 5.32 Å². The quantitative estimate of drug-likeness (QED) is 0.635. The molecule has 3 rings (SSSR count). The third kappa shape index (κ3) is 4.09. The van der Waals surface area contributed by atoms with Crippen molar-refractivity contribution in [1.29, 1.82) is 0 Å². The Morgan fingerprint density at radius 1 is 1.24 bits per heavy atom. The average molecular weight is 382 g/mol. The number of nitrogens with one attached hydrogen (secondary N) is 1. The number of nitro benzene ring substituents is 1. The Balaban J connectivity index is 1.77. The van der Waals surface area contributed by atoms with Gasteiger partial charge in [0.1, 0.15) is 5.69 Å². The molecule has 1 unspecified atom stereocenters. The first-order chi connectivity index (χ1) is 11.8. The molecule has 0 saturated carbocycles. The number of anilines is 1. The largest absolute Gasteiger partial charge is 0.374 e. The van der Waals surface area contributed by atoms with Gasteiger partial charge in [-0.1, -0.05) is 41.9 Å². The Labute approximate surface area is 150 Å². The number of hydrogen-bond acceptors (Lipinski definition) is 5. The summed E-state index contributed by atoms with van der Waals surface area (Å²) in [6.07, 6.45) is 0. The van der Waals surface area contributed by atoms with Crippen LogP contribution in [0.15, 0.2) is 48.5 Å². The molecule has 25 heavy (non-hydrogen) atoms. The number of benzene rings is 2. The van der Waals surface area contributed by atoms with Crippen LogP contribution in [0.25, 0.3) is 0 Å². The molecule has 0 amide bonds. The summed E-state index contributed by atoms with van der Waals surface area (Å²) in [7, 11) is -3.42.